The molecule has 0 aliphatic heterocycles. The van der Waals surface area contributed by atoms with Crippen LogP contribution in [-0.2, 0) is 0 Å². The van der Waals surface area contributed by atoms with Crippen LogP contribution in [0, 0.1) is 0 Å². The summed E-state index contributed by atoms with van der Waals surface area (Å²) in [5.74, 6) is 1.85. The first-order valence-corrected chi connectivity index (χ1v) is 5.87. The number of ether oxygens (including phenoxy) is 1. The van der Waals surface area contributed by atoms with Gasteiger partial charge in [0.1, 0.15) is 11.6 Å². The molecule has 0 amide bonds. The van der Waals surface area contributed by atoms with E-state index in [2.05, 4.69) is 15.0 Å². The first kappa shape index (κ1) is 11.0. The van der Waals surface area contributed by atoms with Gasteiger partial charge in [0.2, 0.25) is 0 Å². The standard InChI is InChI=1S/C13H13N3O2/c1-18-10-4-9(6-14-7-10)11-5-12(17)16-13(15-11)8-2-3-8/h4-8H,2-3H2,1H3,(H,15,16,17). The van der Waals surface area contributed by atoms with Crippen molar-refractivity contribution in [3.8, 4) is 17.0 Å². The highest BCUT2D eigenvalue weighted by Crippen LogP contribution is 2.38. The molecule has 18 heavy (non-hydrogen) atoms. The number of methoxy groups -OCH3 is 1. The second-order valence-corrected chi connectivity index (χ2v) is 4.40. The van der Waals surface area contributed by atoms with E-state index in [1.54, 1.807) is 19.5 Å². The number of aromatic amines is 1. The molecule has 5 nitrogen and oxygen atoms in total. The first-order chi connectivity index (χ1) is 8.76. The molecule has 0 unspecified atom stereocenters. The number of hydrogen-bond donors (Lipinski definition) is 1. The van der Waals surface area contributed by atoms with Gasteiger partial charge in [-0.1, -0.05) is 0 Å². The summed E-state index contributed by atoms with van der Waals surface area (Å²) in [6.07, 6.45) is 5.50. The predicted molar refractivity (Wildman–Crippen MR) is 66.6 cm³/mol. The summed E-state index contributed by atoms with van der Waals surface area (Å²) in [4.78, 5) is 23.0. The van der Waals surface area contributed by atoms with Gasteiger partial charge in [0.25, 0.3) is 5.56 Å². The van der Waals surface area contributed by atoms with E-state index in [9.17, 15) is 4.79 Å². The highest BCUT2D eigenvalue weighted by molar-refractivity contribution is 5.59. The van der Waals surface area contributed by atoms with Crippen LogP contribution >= 0.6 is 0 Å². The maximum atomic E-state index is 11.6. The third-order valence-corrected chi connectivity index (χ3v) is 2.97. The Bertz CT molecular complexity index is 632. The molecule has 92 valence electrons. The zero-order chi connectivity index (χ0) is 12.5. The maximum Gasteiger partial charge on any atom is 0.251 e. The number of aromatic nitrogens is 3. The van der Waals surface area contributed by atoms with Crippen molar-refractivity contribution >= 4 is 0 Å². The zero-order valence-corrected chi connectivity index (χ0v) is 10.0. The minimum Gasteiger partial charge on any atom is -0.495 e. The molecular weight excluding hydrogens is 230 g/mol. The molecule has 1 N–H and O–H groups in total. The highest BCUT2D eigenvalue weighted by atomic mass is 16.5. The van der Waals surface area contributed by atoms with Crippen molar-refractivity contribution in [2.75, 3.05) is 7.11 Å². The molecule has 2 heterocycles. The lowest BCUT2D eigenvalue weighted by atomic mass is 10.2. The summed E-state index contributed by atoms with van der Waals surface area (Å²) in [6, 6.07) is 3.31. The molecule has 0 saturated heterocycles. The molecule has 1 aliphatic carbocycles. The van der Waals surface area contributed by atoms with Crippen LogP contribution in [-0.4, -0.2) is 22.1 Å². The molecule has 0 aromatic carbocycles. The normalized spacial score (nSPS) is 14.5. The van der Waals surface area contributed by atoms with Crippen molar-refractivity contribution in [1.82, 2.24) is 15.0 Å². The van der Waals surface area contributed by atoms with Crippen molar-refractivity contribution < 1.29 is 4.74 Å². The van der Waals surface area contributed by atoms with Gasteiger partial charge in [-0.25, -0.2) is 4.98 Å². The number of nitrogens with one attached hydrogen (secondary N) is 1. The van der Waals surface area contributed by atoms with E-state index < -0.39 is 0 Å². The SMILES string of the molecule is COc1cncc(-c2cc(=O)[nH]c(C3CC3)n2)c1. The van der Waals surface area contributed by atoms with Crippen molar-refractivity contribution in [2.45, 2.75) is 18.8 Å². The fourth-order valence-corrected chi connectivity index (χ4v) is 1.85. The van der Waals surface area contributed by atoms with Crippen LogP contribution in [0.4, 0.5) is 0 Å². The summed E-state index contributed by atoms with van der Waals surface area (Å²) >= 11 is 0. The van der Waals surface area contributed by atoms with Crippen LogP contribution in [0.5, 0.6) is 5.75 Å². The van der Waals surface area contributed by atoms with Crippen LogP contribution in [0.15, 0.2) is 29.3 Å². The Kier molecular flexibility index (Phi) is 2.59. The molecule has 1 fully saturated rings. The van der Waals surface area contributed by atoms with E-state index >= 15 is 0 Å². The monoisotopic (exact) mass is 243 g/mol. The van der Waals surface area contributed by atoms with Gasteiger partial charge in [-0.05, 0) is 18.9 Å². The Hall–Kier alpha value is -2.17. The molecule has 2 aromatic rings. The molecule has 0 radical (unpaired) electrons. The second-order valence-electron chi connectivity index (χ2n) is 4.40. The summed E-state index contributed by atoms with van der Waals surface area (Å²) in [6.45, 7) is 0. The van der Waals surface area contributed by atoms with Crippen LogP contribution in [0.3, 0.4) is 0 Å². The minimum absolute atomic E-state index is 0.121. The van der Waals surface area contributed by atoms with Gasteiger partial charge < -0.3 is 9.72 Å². The summed E-state index contributed by atoms with van der Waals surface area (Å²) < 4.78 is 5.12. The first-order valence-electron chi connectivity index (χ1n) is 5.87. The average Bonchev–Trinajstić information content (AvgIpc) is 3.22. The number of nitrogens with zero attached hydrogens (tertiary/aromatic N) is 2. The smallest absolute Gasteiger partial charge is 0.251 e. The van der Waals surface area contributed by atoms with Crippen LogP contribution in [0.25, 0.3) is 11.3 Å². The lowest BCUT2D eigenvalue weighted by molar-refractivity contribution is 0.413. The molecule has 3 rings (SSSR count). The van der Waals surface area contributed by atoms with Gasteiger partial charge >= 0.3 is 0 Å². The molecule has 2 aromatic heterocycles. The van der Waals surface area contributed by atoms with Crippen molar-refractivity contribution in [3.05, 3.63) is 40.7 Å². The van der Waals surface area contributed by atoms with Gasteiger partial charge in [-0.2, -0.15) is 0 Å². The highest BCUT2D eigenvalue weighted by Gasteiger charge is 2.26. The van der Waals surface area contributed by atoms with Gasteiger partial charge in [-0.15, -0.1) is 0 Å². The van der Waals surface area contributed by atoms with Gasteiger partial charge in [0, 0.05) is 23.7 Å². The molecule has 1 aliphatic rings. The average molecular weight is 243 g/mol. The van der Waals surface area contributed by atoms with Crippen LogP contribution < -0.4 is 10.3 Å². The van der Waals surface area contributed by atoms with Gasteiger partial charge in [0.05, 0.1) is 19.0 Å². The lowest BCUT2D eigenvalue weighted by Gasteiger charge is -2.05. The van der Waals surface area contributed by atoms with E-state index in [0.717, 1.165) is 24.2 Å². The molecule has 5 heteroatoms. The van der Waals surface area contributed by atoms with Crippen molar-refractivity contribution in [2.24, 2.45) is 0 Å². The molecule has 1 saturated carbocycles. The van der Waals surface area contributed by atoms with Crippen molar-refractivity contribution in [3.63, 3.8) is 0 Å². The predicted octanol–water partition coefficient (Wildman–Crippen LogP) is 1.72. The number of H-pyrrole nitrogens is 1. The number of rotatable bonds is 3. The summed E-state index contributed by atoms with van der Waals surface area (Å²) in [7, 11) is 1.58. The number of pyridine rings is 1. The molecule has 0 spiro atoms. The van der Waals surface area contributed by atoms with E-state index in [1.807, 2.05) is 6.07 Å². The van der Waals surface area contributed by atoms with Crippen LogP contribution in [0.2, 0.25) is 0 Å². The third-order valence-electron chi connectivity index (χ3n) is 2.97. The number of hydrogen-bond acceptors (Lipinski definition) is 4. The lowest BCUT2D eigenvalue weighted by Crippen LogP contribution is -2.10. The second kappa shape index (κ2) is 4.25. The maximum absolute atomic E-state index is 11.6. The van der Waals surface area contributed by atoms with Gasteiger partial charge in [0.15, 0.2) is 0 Å². The molecular formula is C13H13N3O2. The molecule has 0 bridgehead atoms. The third kappa shape index (κ3) is 2.11. The fraction of sp³-hybridized carbons (Fsp3) is 0.308. The summed E-state index contributed by atoms with van der Waals surface area (Å²) in [5.41, 5.74) is 1.32. The molecule has 0 atom stereocenters. The Morgan fingerprint density at radius 1 is 1.33 bits per heavy atom. The topological polar surface area (TPSA) is 67.9 Å². The Morgan fingerprint density at radius 2 is 2.17 bits per heavy atom. The van der Waals surface area contributed by atoms with E-state index in [0.29, 0.717) is 17.4 Å². The van der Waals surface area contributed by atoms with Crippen molar-refractivity contribution in [1.29, 1.82) is 0 Å². The Morgan fingerprint density at radius 3 is 2.89 bits per heavy atom. The van der Waals surface area contributed by atoms with Gasteiger partial charge in [-0.3, -0.25) is 9.78 Å². The Balaban J connectivity index is 2.06. The minimum atomic E-state index is -0.121. The fourth-order valence-electron chi connectivity index (χ4n) is 1.85. The van der Waals surface area contributed by atoms with Crippen LogP contribution in [0.1, 0.15) is 24.6 Å². The zero-order valence-electron chi connectivity index (χ0n) is 10.0. The van der Waals surface area contributed by atoms with E-state index in [1.165, 1.54) is 6.07 Å². The summed E-state index contributed by atoms with van der Waals surface area (Å²) in [5, 5.41) is 0. The largest absolute Gasteiger partial charge is 0.495 e. The van der Waals surface area contributed by atoms with E-state index in [4.69, 9.17) is 4.74 Å². The van der Waals surface area contributed by atoms with E-state index in [-0.39, 0.29) is 5.56 Å². The quantitative estimate of drug-likeness (QED) is 0.891. The Labute approximate surface area is 104 Å².